The van der Waals surface area contributed by atoms with Crippen molar-refractivity contribution in [3.05, 3.63) is 34.5 Å². The number of methoxy groups -OCH3 is 2. The molecule has 0 fully saturated rings. The van der Waals surface area contributed by atoms with Crippen LogP contribution in [0.3, 0.4) is 0 Å². The van der Waals surface area contributed by atoms with Crippen LogP contribution in [0.5, 0.6) is 11.5 Å². The fourth-order valence-electron chi connectivity index (χ4n) is 2.75. The Bertz CT molecular complexity index is 872. The van der Waals surface area contributed by atoms with Gasteiger partial charge in [0.15, 0.2) is 5.13 Å². The number of halogens is 1. The molecule has 0 spiro atoms. The number of thiazole rings is 1. The number of carbonyl (C=O) groups is 1. The summed E-state index contributed by atoms with van der Waals surface area (Å²) in [6, 6.07) is 7.43. The molecule has 0 saturated heterocycles. The van der Waals surface area contributed by atoms with Crippen LogP contribution in [-0.2, 0) is 0 Å². The standard InChI is InChI=1S/C19H23N3O3S2.ClH/c1-21(2)10-6-11-22(18(23)15-7-5-12-26-15)19-20-16-13(24-3)8-9-14(25-4)17(16)27-19;/h5,7-9,12H,6,10-11H2,1-4H3;1H. The van der Waals surface area contributed by atoms with E-state index in [1.54, 1.807) is 19.1 Å². The molecular weight excluding hydrogens is 418 g/mol. The molecule has 1 aromatic carbocycles. The molecule has 0 atom stereocenters. The molecule has 0 radical (unpaired) electrons. The van der Waals surface area contributed by atoms with Gasteiger partial charge in [-0.05, 0) is 50.6 Å². The molecule has 3 rings (SSSR count). The van der Waals surface area contributed by atoms with Crippen molar-refractivity contribution in [2.24, 2.45) is 0 Å². The highest BCUT2D eigenvalue weighted by Gasteiger charge is 2.24. The lowest BCUT2D eigenvalue weighted by Gasteiger charge is -2.20. The normalized spacial score (nSPS) is 10.8. The number of benzene rings is 1. The molecule has 0 aliphatic heterocycles. The summed E-state index contributed by atoms with van der Waals surface area (Å²) in [7, 11) is 7.30. The highest BCUT2D eigenvalue weighted by atomic mass is 35.5. The largest absolute Gasteiger partial charge is 0.495 e. The van der Waals surface area contributed by atoms with Gasteiger partial charge in [-0.15, -0.1) is 23.7 Å². The van der Waals surface area contributed by atoms with Crippen molar-refractivity contribution in [3.63, 3.8) is 0 Å². The van der Waals surface area contributed by atoms with Gasteiger partial charge in [0, 0.05) is 6.54 Å². The number of hydrogen-bond donors (Lipinski definition) is 0. The Hall–Kier alpha value is -1.87. The Balaban J connectivity index is 0.00000280. The smallest absolute Gasteiger partial charge is 0.270 e. The van der Waals surface area contributed by atoms with Gasteiger partial charge in [-0.2, -0.15) is 0 Å². The lowest BCUT2D eigenvalue weighted by Crippen LogP contribution is -2.32. The molecule has 3 aromatic rings. The zero-order valence-corrected chi connectivity index (χ0v) is 18.7. The van der Waals surface area contributed by atoms with Gasteiger partial charge < -0.3 is 14.4 Å². The van der Waals surface area contributed by atoms with Crippen LogP contribution in [0, 0.1) is 0 Å². The van der Waals surface area contributed by atoms with Crippen molar-refractivity contribution in [2.75, 3.05) is 46.3 Å². The second-order valence-electron chi connectivity index (χ2n) is 6.24. The number of ether oxygens (including phenoxy) is 2. The Labute approximate surface area is 179 Å². The lowest BCUT2D eigenvalue weighted by molar-refractivity contribution is 0.0990. The van der Waals surface area contributed by atoms with Gasteiger partial charge in [0.2, 0.25) is 0 Å². The van der Waals surface area contributed by atoms with Gasteiger partial charge in [-0.3, -0.25) is 9.69 Å². The Morgan fingerprint density at radius 3 is 2.43 bits per heavy atom. The van der Waals surface area contributed by atoms with Crippen molar-refractivity contribution in [1.29, 1.82) is 0 Å². The van der Waals surface area contributed by atoms with Crippen LogP contribution in [0.25, 0.3) is 10.2 Å². The van der Waals surface area contributed by atoms with Crippen LogP contribution in [0.4, 0.5) is 5.13 Å². The second kappa shape index (κ2) is 10.1. The maximum Gasteiger partial charge on any atom is 0.270 e. The summed E-state index contributed by atoms with van der Waals surface area (Å²) in [5.74, 6) is 1.37. The van der Waals surface area contributed by atoms with E-state index in [9.17, 15) is 4.79 Å². The van der Waals surface area contributed by atoms with Crippen LogP contribution in [0.15, 0.2) is 29.6 Å². The summed E-state index contributed by atoms with van der Waals surface area (Å²) >= 11 is 2.89. The molecule has 2 aromatic heterocycles. The van der Waals surface area contributed by atoms with Crippen molar-refractivity contribution >= 4 is 56.3 Å². The summed E-state index contributed by atoms with van der Waals surface area (Å²) in [4.78, 5) is 22.4. The minimum Gasteiger partial charge on any atom is -0.495 e. The summed E-state index contributed by atoms with van der Waals surface area (Å²) in [5.41, 5.74) is 0.716. The molecule has 28 heavy (non-hydrogen) atoms. The minimum absolute atomic E-state index is 0. The highest BCUT2D eigenvalue weighted by molar-refractivity contribution is 7.23. The molecule has 2 heterocycles. The molecule has 0 bridgehead atoms. The first-order valence-corrected chi connectivity index (χ1v) is 10.3. The zero-order valence-electron chi connectivity index (χ0n) is 16.3. The van der Waals surface area contributed by atoms with E-state index in [-0.39, 0.29) is 18.3 Å². The van der Waals surface area contributed by atoms with E-state index < -0.39 is 0 Å². The molecule has 1 amide bonds. The summed E-state index contributed by atoms with van der Waals surface area (Å²) < 4.78 is 11.8. The molecule has 152 valence electrons. The monoisotopic (exact) mass is 441 g/mol. The zero-order chi connectivity index (χ0) is 19.4. The Kier molecular flexibility index (Phi) is 8.06. The predicted molar refractivity (Wildman–Crippen MR) is 119 cm³/mol. The van der Waals surface area contributed by atoms with E-state index in [1.807, 2.05) is 43.7 Å². The molecule has 0 aliphatic carbocycles. The maximum absolute atomic E-state index is 13.1. The van der Waals surface area contributed by atoms with Gasteiger partial charge in [-0.25, -0.2) is 4.98 Å². The molecule has 0 N–H and O–H groups in total. The average Bonchev–Trinajstić information content (AvgIpc) is 3.33. The fourth-order valence-corrected chi connectivity index (χ4v) is 4.52. The van der Waals surface area contributed by atoms with Crippen molar-refractivity contribution in [3.8, 4) is 11.5 Å². The fraction of sp³-hybridized carbons (Fsp3) is 0.368. The van der Waals surface area contributed by atoms with E-state index in [0.717, 1.165) is 23.4 Å². The van der Waals surface area contributed by atoms with Gasteiger partial charge in [0.25, 0.3) is 5.91 Å². The average molecular weight is 442 g/mol. The van der Waals surface area contributed by atoms with Crippen molar-refractivity contribution in [1.82, 2.24) is 9.88 Å². The number of rotatable bonds is 8. The quantitative estimate of drug-likeness (QED) is 0.518. The first-order chi connectivity index (χ1) is 13.0. The van der Waals surface area contributed by atoms with Crippen LogP contribution in [0.1, 0.15) is 16.1 Å². The summed E-state index contributed by atoms with van der Waals surface area (Å²) in [5, 5.41) is 2.57. The SMILES string of the molecule is COc1ccc(OC)c2sc(N(CCCN(C)C)C(=O)c3cccs3)nc12.Cl. The van der Waals surface area contributed by atoms with Crippen LogP contribution in [-0.4, -0.2) is 57.2 Å². The number of anilines is 1. The maximum atomic E-state index is 13.1. The number of nitrogens with zero attached hydrogens (tertiary/aromatic N) is 3. The number of fused-ring (bicyclic) bond motifs is 1. The number of hydrogen-bond acceptors (Lipinski definition) is 7. The van der Waals surface area contributed by atoms with E-state index in [1.165, 1.54) is 22.7 Å². The van der Waals surface area contributed by atoms with Crippen LogP contribution < -0.4 is 14.4 Å². The van der Waals surface area contributed by atoms with E-state index in [4.69, 9.17) is 14.5 Å². The molecule has 0 saturated carbocycles. The second-order valence-corrected chi connectivity index (χ2v) is 8.16. The van der Waals surface area contributed by atoms with Crippen LogP contribution >= 0.6 is 35.1 Å². The topological polar surface area (TPSA) is 54.9 Å². The van der Waals surface area contributed by atoms with E-state index in [0.29, 0.717) is 27.8 Å². The summed E-state index contributed by atoms with van der Waals surface area (Å²) in [6.07, 6.45) is 0.855. The third kappa shape index (κ3) is 4.75. The van der Waals surface area contributed by atoms with Crippen LogP contribution in [0.2, 0.25) is 0 Å². The highest BCUT2D eigenvalue weighted by Crippen LogP contribution is 2.40. The molecular formula is C19H24ClN3O3S2. The Morgan fingerprint density at radius 1 is 1.11 bits per heavy atom. The number of amides is 1. The molecule has 9 heteroatoms. The molecule has 6 nitrogen and oxygen atoms in total. The van der Waals surface area contributed by atoms with Gasteiger partial charge in [-0.1, -0.05) is 17.4 Å². The number of thiophene rings is 1. The number of carbonyl (C=O) groups excluding carboxylic acids is 1. The Morgan fingerprint density at radius 2 is 1.82 bits per heavy atom. The van der Waals surface area contributed by atoms with Gasteiger partial charge >= 0.3 is 0 Å². The van der Waals surface area contributed by atoms with E-state index >= 15 is 0 Å². The third-order valence-corrected chi connectivity index (χ3v) is 6.04. The van der Waals surface area contributed by atoms with Gasteiger partial charge in [0.05, 0.1) is 19.1 Å². The minimum atomic E-state index is -0.0271. The first kappa shape index (κ1) is 22.4. The number of aromatic nitrogens is 1. The molecule has 0 aliphatic rings. The molecule has 0 unspecified atom stereocenters. The van der Waals surface area contributed by atoms with E-state index in [2.05, 4.69) is 4.90 Å². The third-order valence-electron chi connectivity index (χ3n) is 4.09. The first-order valence-electron chi connectivity index (χ1n) is 8.56. The van der Waals surface area contributed by atoms with Crippen molar-refractivity contribution < 1.29 is 14.3 Å². The van der Waals surface area contributed by atoms with Gasteiger partial charge in [0.1, 0.15) is 21.7 Å². The van der Waals surface area contributed by atoms with Crippen molar-refractivity contribution in [2.45, 2.75) is 6.42 Å². The predicted octanol–water partition coefficient (Wildman–Crippen LogP) is 4.40. The lowest BCUT2D eigenvalue weighted by atomic mass is 10.3. The summed E-state index contributed by atoms with van der Waals surface area (Å²) in [6.45, 7) is 1.49.